The second-order valence-corrected chi connectivity index (χ2v) is 5.29. The number of nitrogens with one attached hydrogen (secondary N) is 2. The van der Waals surface area contributed by atoms with Gasteiger partial charge in [-0.1, -0.05) is 30.3 Å². The Kier molecular flexibility index (Phi) is 6.76. The normalized spacial score (nSPS) is 11.0. The highest BCUT2D eigenvalue weighted by Gasteiger charge is 2.12. The number of methoxy groups -OCH3 is 1. The standard InChI is InChI=1S/C18H22N4O3/c1-3-19-18(20-12-14-7-6-9-16(11-14)25-2)21-13-15-8-4-5-10-17(15)22(23)24/h4-11H,3,12-13H2,1-2H3,(H2,19,20,21). The van der Waals surface area contributed by atoms with Gasteiger partial charge in [0.25, 0.3) is 5.69 Å². The summed E-state index contributed by atoms with van der Waals surface area (Å²) in [5, 5.41) is 17.4. The van der Waals surface area contributed by atoms with Gasteiger partial charge in [0.1, 0.15) is 5.75 Å². The molecule has 0 radical (unpaired) electrons. The lowest BCUT2D eigenvalue weighted by Gasteiger charge is -2.11. The molecule has 132 valence electrons. The zero-order valence-corrected chi connectivity index (χ0v) is 14.4. The number of rotatable bonds is 7. The summed E-state index contributed by atoms with van der Waals surface area (Å²) in [5.74, 6) is 1.38. The van der Waals surface area contributed by atoms with Gasteiger partial charge in [-0.05, 0) is 24.6 Å². The van der Waals surface area contributed by atoms with Crippen LogP contribution in [0.5, 0.6) is 5.75 Å². The Hall–Kier alpha value is -3.09. The molecule has 2 rings (SSSR count). The lowest BCUT2D eigenvalue weighted by Crippen LogP contribution is -2.36. The van der Waals surface area contributed by atoms with E-state index in [4.69, 9.17) is 4.74 Å². The van der Waals surface area contributed by atoms with Crippen molar-refractivity contribution in [2.24, 2.45) is 4.99 Å². The second kappa shape index (κ2) is 9.27. The van der Waals surface area contributed by atoms with E-state index in [1.54, 1.807) is 25.3 Å². The molecular formula is C18H22N4O3. The van der Waals surface area contributed by atoms with Crippen molar-refractivity contribution in [3.05, 3.63) is 69.8 Å². The van der Waals surface area contributed by atoms with Crippen LogP contribution in [0.25, 0.3) is 0 Å². The fourth-order valence-electron chi connectivity index (χ4n) is 2.30. The highest BCUT2D eigenvalue weighted by Crippen LogP contribution is 2.17. The first-order valence-corrected chi connectivity index (χ1v) is 8.01. The molecule has 2 aromatic carbocycles. The molecule has 2 N–H and O–H groups in total. The molecule has 0 aliphatic rings. The smallest absolute Gasteiger partial charge is 0.274 e. The molecule has 0 aromatic heterocycles. The van der Waals surface area contributed by atoms with Gasteiger partial charge in [0.2, 0.25) is 0 Å². The molecule has 25 heavy (non-hydrogen) atoms. The molecule has 0 unspecified atom stereocenters. The van der Waals surface area contributed by atoms with Crippen molar-refractivity contribution >= 4 is 11.6 Å². The minimum atomic E-state index is -0.378. The number of guanidine groups is 1. The molecule has 0 aliphatic carbocycles. The SMILES string of the molecule is CCNC(=NCc1cccc(OC)c1)NCc1ccccc1[N+](=O)[O-]. The van der Waals surface area contributed by atoms with E-state index in [0.717, 1.165) is 11.3 Å². The Morgan fingerprint density at radius 3 is 2.72 bits per heavy atom. The maximum Gasteiger partial charge on any atom is 0.274 e. The van der Waals surface area contributed by atoms with E-state index in [-0.39, 0.29) is 10.6 Å². The van der Waals surface area contributed by atoms with Gasteiger partial charge in [0.05, 0.1) is 18.6 Å². The van der Waals surface area contributed by atoms with E-state index < -0.39 is 0 Å². The molecule has 2 aromatic rings. The van der Waals surface area contributed by atoms with Crippen LogP contribution >= 0.6 is 0 Å². The van der Waals surface area contributed by atoms with Gasteiger partial charge in [-0.25, -0.2) is 4.99 Å². The number of nitrogens with zero attached hydrogens (tertiary/aromatic N) is 2. The number of hydrogen-bond donors (Lipinski definition) is 2. The highest BCUT2D eigenvalue weighted by molar-refractivity contribution is 5.79. The molecule has 7 nitrogen and oxygen atoms in total. The summed E-state index contributed by atoms with van der Waals surface area (Å²) >= 11 is 0. The monoisotopic (exact) mass is 342 g/mol. The summed E-state index contributed by atoms with van der Waals surface area (Å²) in [4.78, 5) is 15.2. The van der Waals surface area contributed by atoms with Crippen LogP contribution < -0.4 is 15.4 Å². The van der Waals surface area contributed by atoms with Crippen LogP contribution in [-0.2, 0) is 13.1 Å². The van der Waals surface area contributed by atoms with E-state index in [0.29, 0.717) is 31.2 Å². The minimum absolute atomic E-state index is 0.0960. The Morgan fingerprint density at radius 2 is 2.00 bits per heavy atom. The fraction of sp³-hybridized carbons (Fsp3) is 0.278. The summed E-state index contributed by atoms with van der Waals surface area (Å²) in [6.07, 6.45) is 0. The predicted molar refractivity (Wildman–Crippen MR) is 97.7 cm³/mol. The lowest BCUT2D eigenvalue weighted by molar-refractivity contribution is -0.385. The van der Waals surface area contributed by atoms with Crippen molar-refractivity contribution in [1.29, 1.82) is 0 Å². The molecule has 0 heterocycles. The van der Waals surface area contributed by atoms with Gasteiger partial charge in [-0.2, -0.15) is 0 Å². The first-order valence-electron chi connectivity index (χ1n) is 8.01. The van der Waals surface area contributed by atoms with Crippen LogP contribution in [0.15, 0.2) is 53.5 Å². The molecule has 0 amide bonds. The predicted octanol–water partition coefficient (Wildman–Crippen LogP) is 2.86. The zero-order valence-electron chi connectivity index (χ0n) is 14.4. The molecule has 7 heteroatoms. The van der Waals surface area contributed by atoms with Crippen molar-refractivity contribution < 1.29 is 9.66 Å². The van der Waals surface area contributed by atoms with Crippen LogP contribution in [0.3, 0.4) is 0 Å². The lowest BCUT2D eigenvalue weighted by atomic mass is 10.2. The molecule has 0 aliphatic heterocycles. The van der Waals surface area contributed by atoms with Gasteiger partial charge in [0.15, 0.2) is 5.96 Å². The van der Waals surface area contributed by atoms with Crippen LogP contribution in [0.4, 0.5) is 5.69 Å². The molecule has 0 atom stereocenters. The molecule has 0 fully saturated rings. The average Bonchev–Trinajstić information content (AvgIpc) is 2.64. The van der Waals surface area contributed by atoms with E-state index in [1.165, 1.54) is 6.07 Å². The Labute approximate surface area is 146 Å². The number of ether oxygens (including phenoxy) is 1. The number of para-hydroxylation sites is 1. The van der Waals surface area contributed by atoms with Crippen molar-refractivity contribution in [2.75, 3.05) is 13.7 Å². The largest absolute Gasteiger partial charge is 0.497 e. The van der Waals surface area contributed by atoms with Crippen molar-refractivity contribution in [3.63, 3.8) is 0 Å². The Balaban J connectivity index is 2.06. The Morgan fingerprint density at radius 1 is 1.20 bits per heavy atom. The summed E-state index contributed by atoms with van der Waals surface area (Å²) in [6.45, 7) is 3.46. The minimum Gasteiger partial charge on any atom is -0.497 e. The number of hydrogen-bond acceptors (Lipinski definition) is 4. The molecular weight excluding hydrogens is 320 g/mol. The van der Waals surface area contributed by atoms with Gasteiger partial charge < -0.3 is 15.4 Å². The van der Waals surface area contributed by atoms with Gasteiger partial charge in [-0.3, -0.25) is 10.1 Å². The maximum atomic E-state index is 11.1. The molecule has 0 spiro atoms. The summed E-state index contributed by atoms with van der Waals surface area (Å²) in [5.41, 5.74) is 1.72. The summed E-state index contributed by atoms with van der Waals surface area (Å²) < 4.78 is 5.21. The highest BCUT2D eigenvalue weighted by atomic mass is 16.6. The van der Waals surface area contributed by atoms with Crippen molar-refractivity contribution in [2.45, 2.75) is 20.0 Å². The van der Waals surface area contributed by atoms with Crippen LogP contribution in [0, 0.1) is 10.1 Å². The number of aliphatic imine (C=N–C) groups is 1. The van der Waals surface area contributed by atoms with Crippen LogP contribution in [0.2, 0.25) is 0 Å². The third-order valence-corrected chi connectivity index (χ3v) is 3.53. The first-order chi connectivity index (χ1) is 12.1. The van der Waals surface area contributed by atoms with E-state index in [2.05, 4.69) is 15.6 Å². The summed E-state index contributed by atoms with van der Waals surface area (Å²) in [6, 6.07) is 14.4. The first kappa shape index (κ1) is 18.3. The summed E-state index contributed by atoms with van der Waals surface area (Å²) in [7, 11) is 1.63. The fourth-order valence-corrected chi connectivity index (χ4v) is 2.30. The average molecular weight is 342 g/mol. The molecule has 0 bridgehead atoms. The number of nitro benzene ring substituents is 1. The van der Waals surface area contributed by atoms with E-state index >= 15 is 0 Å². The topological polar surface area (TPSA) is 88.8 Å². The van der Waals surface area contributed by atoms with Crippen molar-refractivity contribution in [3.8, 4) is 5.75 Å². The van der Waals surface area contributed by atoms with Crippen molar-refractivity contribution in [1.82, 2.24) is 10.6 Å². The van der Waals surface area contributed by atoms with Gasteiger partial charge >= 0.3 is 0 Å². The quantitative estimate of drug-likeness (QED) is 0.349. The van der Waals surface area contributed by atoms with Crippen LogP contribution in [0.1, 0.15) is 18.1 Å². The third-order valence-electron chi connectivity index (χ3n) is 3.53. The third kappa shape index (κ3) is 5.49. The second-order valence-electron chi connectivity index (χ2n) is 5.29. The number of benzene rings is 2. The maximum absolute atomic E-state index is 11.1. The van der Waals surface area contributed by atoms with E-state index in [1.807, 2.05) is 31.2 Å². The zero-order chi connectivity index (χ0) is 18.1. The van der Waals surface area contributed by atoms with E-state index in [9.17, 15) is 10.1 Å². The number of nitro groups is 1. The van der Waals surface area contributed by atoms with Gasteiger partial charge in [0, 0.05) is 24.7 Å². The van der Waals surface area contributed by atoms with Crippen LogP contribution in [-0.4, -0.2) is 24.5 Å². The molecule has 0 saturated carbocycles. The molecule has 0 saturated heterocycles. The Bertz CT molecular complexity index is 747. The van der Waals surface area contributed by atoms with Gasteiger partial charge in [-0.15, -0.1) is 0 Å².